The second-order valence-electron chi connectivity index (χ2n) is 4.07. The second-order valence-corrected chi connectivity index (χ2v) is 6.22. The van der Waals surface area contributed by atoms with Crippen LogP contribution in [0.4, 0.5) is 0 Å². The molecule has 0 aromatic heterocycles. The quantitative estimate of drug-likeness (QED) is 0.658. The molecule has 0 spiro atoms. The molecule has 2 atom stereocenters. The maximum atomic E-state index is 11.3. The molecule has 1 saturated heterocycles. The van der Waals surface area contributed by atoms with Gasteiger partial charge in [-0.3, -0.25) is 4.90 Å². The van der Waals surface area contributed by atoms with E-state index < -0.39 is 9.84 Å². The minimum atomic E-state index is -2.89. The first-order valence-electron chi connectivity index (χ1n) is 4.51. The molecule has 0 aromatic carbocycles. The zero-order valence-corrected chi connectivity index (χ0v) is 9.21. The minimum Gasteiger partial charge on any atom is -0.325 e. The van der Waals surface area contributed by atoms with Crippen molar-refractivity contribution in [3.05, 3.63) is 0 Å². The van der Waals surface area contributed by atoms with Crippen LogP contribution >= 0.6 is 0 Å². The molecule has 1 fully saturated rings. The van der Waals surface area contributed by atoms with Crippen LogP contribution in [0.3, 0.4) is 0 Å². The Bertz CT molecular complexity index is 274. The highest BCUT2D eigenvalue weighted by Crippen LogP contribution is 2.17. The lowest BCUT2D eigenvalue weighted by atomic mass is 10.1. The third-order valence-corrected chi connectivity index (χ3v) is 4.45. The smallest absolute Gasteiger partial charge is 0.153 e. The summed E-state index contributed by atoms with van der Waals surface area (Å²) in [5.41, 5.74) is 5.77. The van der Waals surface area contributed by atoms with Crippen molar-refractivity contribution < 1.29 is 8.42 Å². The molecule has 0 aliphatic carbocycles. The number of nitrogens with zero attached hydrogens (tertiary/aromatic N) is 1. The van der Waals surface area contributed by atoms with E-state index in [1.807, 2.05) is 25.8 Å². The van der Waals surface area contributed by atoms with Gasteiger partial charge in [0.2, 0.25) is 0 Å². The molecule has 0 saturated carbocycles. The van der Waals surface area contributed by atoms with Gasteiger partial charge >= 0.3 is 0 Å². The van der Waals surface area contributed by atoms with E-state index in [9.17, 15) is 8.42 Å². The van der Waals surface area contributed by atoms with Gasteiger partial charge in [0.15, 0.2) is 9.84 Å². The predicted molar refractivity (Wildman–Crippen MR) is 53.3 cm³/mol. The highest BCUT2D eigenvalue weighted by atomic mass is 32.2. The molecule has 2 N–H and O–H groups in total. The maximum Gasteiger partial charge on any atom is 0.153 e. The average molecular weight is 206 g/mol. The van der Waals surface area contributed by atoms with Gasteiger partial charge in [0.1, 0.15) is 0 Å². The van der Waals surface area contributed by atoms with Gasteiger partial charge in [-0.05, 0) is 20.9 Å². The number of hydrogen-bond donors (Lipinski definition) is 1. The van der Waals surface area contributed by atoms with Crippen LogP contribution < -0.4 is 5.73 Å². The Morgan fingerprint density at radius 3 is 2.23 bits per heavy atom. The van der Waals surface area contributed by atoms with Crippen molar-refractivity contribution in [2.45, 2.75) is 32.0 Å². The van der Waals surface area contributed by atoms with Crippen LogP contribution in [0, 0.1) is 0 Å². The third-order valence-electron chi connectivity index (χ3n) is 2.70. The zero-order chi connectivity index (χ0) is 10.2. The Morgan fingerprint density at radius 2 is 1.92 bits per heavy atom. The van der Waals surface area contributed by atoms with Crippen LogP contribution in [-0.2, 0) is 9.84 Å². The minimum absolute atomic E-state index is 0.00926. The number of rotatable bonds is 2. The SMILES string of the molecule is CC(C)N(C)C1CS(=O)(=O)CC1N. The van der Waals surface area contributed by atoms with Gasteiger partial charge in [0, 0.05) is 18.1 Å². The number of sulfone groups is 1. The van der Waals surface area contributed by atoms with Gasteiger partial charge in [-0.1, -0.05) is 0 Å². The van der Waals surface area contributed by atoms with Crippen LogP contribution in [0.1, 0.15) is 13.8 Å². The summed E-state index contributed by atoms with van der Waals surface area (Å²) in [5.74, 6) is 0.345. The third kappa shape index (κ3) is 2.42. The first kappa shape index (κ1) is 10.9. The molecule has 78 valence electrons. The molecule has 5 heteroatoms. The lowest BCUT2D eigenvalue weighted by molar-refractivity contribution is 0.198. The predicted octanol–water partition coefficient (Wildman–Crippen LogP) is -0.549. The molecule has 4 nitrogen and oxygen atoms in total. The summed E-state index contributed by atoms with van der Waals surface area (Å²) in [6, 6.07) is 0.103. The van der Waals surface area contributed by atoms with Crippen molar-refractivity contribution in [2.75, 3.05) is 18.6 Å². The fourth-order valence-electron chi connectivity index (χ4n) is 1.66. The van der Waals surface area contributed by atoms with Crippen molar-refractivity contribution in [3.63, 3.8) is 0 Å². The van der Waals surface area contributed by atoms with Crippen molar-refractivity contribution in [2.24, 2.45) is 5.73 Å². The van der Waals surface area contributed by atoms with E-state index in [1.54, 1.807) is 0 Å². The summed E-state index contributed by atoms with van der Waals surface area (Å²) in [4.78, 5) is 2.04. The van der Waals surface area contributed by atoms with Crippen LogP contribution in [0.2, 0.25) is 0 Å². The van der Waals surface area contributed by atoms with Crippen LogP contribution in [0.25, 0.3) is 0 Å². The Balaban J connectivity index is 2.73. The number of hydrogen-bond acceptors (Lipinski definition) is 4. The molecule has 1 aliphatic heterocycles. The van der Waals surface area contributed by atoms with Crippen LogP contribution in [0.5, 0.6) is 0 Å². The van der Waals surface area contributed by atoms with E-state index in [4.69, 9.17) is 5.73 Å². The normalized spacial score (nSPS) is 33.1. The summed E-state index contributed by atoms with van der Waals surface area (Å²) in [6.45, 7) is 4.08. The van der Waals surface area contributed by atoms with Crippen molar-refractivity contribution in [1.29, 1.82) is 0 Å². The largest absolute Gasteiger partial charge is 0.325 e. The van der Waals surface area contributed by atoms with Crippen LogP contribution in [0.15, 0.2) is 0 Å². The Labute approximate surface area is 80.0 Å². The van der Waals surface area contributed by atoms with Gasteiger partial charge in [-0.15, -0.1) is 0 Å². The fraction of sp³-hybridized carbons (Fsp3) is 1.00. The van der Waals surface area contributed by atoms with Gasteiger partial charge < -0.3 is 5.73 Å². The molecule has 2 unspecified atom stereocenters. The Hall–Kier alpha value is -0.130. The van der Waals surface area contributed by atoms with Gasteiger partial charge in [0.05, 0.1) is 11.5 Å². The topological polar surface area (TPSA) is 63.4 Å². The van der Waals surface area contributed by atoms with E-state index in [0.29, 0.717) is 6.04 Å². The molecular weight excluding hydrogens is 188 g/mol. The fourth-order valence-corrected chi connectivity index (χ4v) is 3.61. The molecule has 1 aliphatic rings. The number of likely N-dealkylation sites (N-methyl/N-ethyl adjacent to an activating group) is 1. The lowest BCUT2D eigenvalue weighted by Crippen LogP contribution is -2.47. The van der Waals surface area contributed by atoms with Crippen molar-refractivity contribution >= 4 is 9.84 Å². The van der Waals surface area contributed by atoms with E-state index >= 15 is 0 Å². The highest BCUT2D eigenvalue weighted by Gasteiger charge is 2.38. The first-order valence-corrected chi connectivity index (χ1v) is 6.33. The second kappa shape index (κ2) is 3.55. The highest BCUT2D eigenvalue weighted by molar-refractivity contribution is 7.91. The standard InChI is InChI=1S/C8H18N2O2S/c1-6(2)10(3)8-5-13(11,12)4-7(8)9/h6-8H,4-5,9H2,1-3H3. The van der Waals surface area contributed by atoms with Crippen molar-refractivity contribution in [3.8, 4) is 0 Å². The van der Waals surface area contributed by atoms with E-state index in [2.05, 4.69) is 0 Å². The molecular formula is C8H18N2O2S. The number of nitrogens with two attached hydrogens (primary N) is 1. The zero-order valence-electron chi connectivity index (χ0n) is 8.40. The lowest BCUT2D eigenvalue weighted by Gasteiger charge is -2.29. The molecule has 0 bridgehead atoms. The first-order chi connectivity index (χ1) is 5.83. The van der Waals surface area contributed by atoms with Gasteiger partial charge in [-0.25, -0.2) is 8.42 Å². The summed E-state index contributed by atoms with van der Waals surface area (Å²) in [7, 11) is -0.963. The van der Waals surface area contributed by atoms with Gasteiger partial charge in [-0.2, -0.15) is 0 Å². The molecule has 0 amide bonds. The Morgan fingerprint density at radius 1 is 1.38 bits per heavy atom. The summed E-state index contributed by atoms with van der Waals surface area (Å²) in [6.07, 6.45) is 0. The summed E-state index contributed by atoms with van der Waals surface area (Å²) >= 11 is 0. The summed E-state index contributed by atoms with van der Waals surface area (Å²) < 4.78 is 22.5. The maximum absolute atomic E-state index is 11.3. The molecule has 0 radical (unpaired) electrons. The monoisotopic (exact) mass is 206 g/mol. The van der Waals surface area contributed by atoms with Gasteiger partial charge in [0.25, 0.3) is 0 Å². The van der Waals surface area contributed by atoms with E-state index in [0.717, 1.165) is 0 Å². The summed E-state index contributed by atoms with van der Waals surface area (Å²) in [5, 5.41) is 0. The van der Waals surface area contributed by atoms with E-state index in [-0.39, 0.29) is 23.6 Å². The van der Waals surface area contributed by atoms with Crippen LogP contribution in [-0.4, -0.2) is 50.0 Å². The molecule has 1 rings (SSSR count). The molecule has 13 heavy (non-hydrogen) atoms. The van der Waals surface area contributed by atoms with Crippen molar-refractivity contribution in [1.82, 2.24) is 4.90 Å². The Kier molecular flexibility index (Phi) is 2.99. The molecule has 0 aromatic rings. The van der Waals surface area contributed by atoms with E-state index in [1.165, 1.54) is 0 Å². The average Bonchev–Trinajstić information content (AvgIpc) is 2.22. The molecule has 1 heterocycles.